The van der Waals surface area contributed by atoms with Crippen LogP contribution in [0.4, 0.5) is 0 Å². The van der Waals surface area contributed by atoms with Gasteiger partial charge in [0.1, 0.15) is 0 Å². The molecule has 0 bridgehead atoms. The Balaban J connectivity index is 3.90. The molecule has 61 valence electrons. The van der Waals surface area contributed by atoms with E-state index < -0.39 is 10.2 Å². The van der Waals surface area contributed by atoms with Gasteiger partial charge in [0, 0.05) is 20.6 Å². The van der Waals surface area contributed by atoms with Crippen LogP contribution in [0.5, 0.6) is 0 Å². The molecule has 0 saturated carbocycles. The van der Waals surface area contributed by atoms with Gasteiger partial charge in [-0.15, -0.1) is 0 Å². The zero-order valence-corrected chi connectivity index (χ0v) is 7.27. The highest BCUT2D eigenvalue weighted by molar-refractivity contribution is 7.87. The first-order valence-electron chi connectivity index (χ1n) is 3.02. The second-order valence-corrected chi connectivity index (χ2v) is 3.93. The van der Waals surface area contributed by atoms with Gasteiger partial charge in [0.25, 0.3) is 10.2 Å². The van der Waals surface area contributed by atoms with Crippen LogP contribution in [0.15, 0.2) is 0 Å². The predicted octanol–water partition coefficient (Wildman–Crippen LogP) is -0.0458. The molecule has 0 rings (SSSR count). The number of nitrogens with zero attached hydrogens (tertiary/aromatic N) is 1. The molecule has 5 heteroatoms. The van der Waals surface area contributed by atoms with Gasteiger partial charge in [0.05, 0.1) is 0 Å². The third kappa shape index (κ3) is 3.14. The number of hydrogen-bond acceptors (Lipinski definition) is 2. The van der Waals surface area contributed by atoms with E-state index in [4.69, 9.17) is 0 Å². The van der Waals surface area contributed by atoms with Gasteiger partial charge in [-0.05, 0) is 6.42 Å². The molecule has 0 unspecified atom stereocenters. The van der Waals surface area contributed by atoms with Crippen LogP contribution < -0.4 is 4.72 Å². The van der Waals surface area contributed by atoms with Crippen LogP contribution in [0.3, 0.4) is 0 Å². The van der Waals surface area contributed by atoms with Crippen molar-refractivity contribution in [1.82, 2.24) is 9.03 Å². The fraction of sp³-hybridized carbons (Fsp3) is 0.800. The summed E-state index contributed by atoms with van der Waals surface area (Å²) < 4.78 is 25.2. The average Bonchev–Trinajstić information content (AvgIpc) is 1.84. The zero-order valence-electron chi connectivity index (χ0n) is 6.46. The highest BCUT2D eigenvalue weighted by Gasteiger charge is 2.10. The Labute approximate surface area is 62.4 Å². The summed E-state index contributed by atoms with van der Waals surface area (Å²) in [5, 5.41) is 0. The molecule has 1 N–H and O–H groups in total. The standard InChI is InChI=1S/C5H13N2O2S/c1-4-5-6-10(8,9)7(2)3/h5-6H,4H2,1-3H3. The van der Waals surface area contributed by atoms with E-state index in [1.807, 2.05) is 6.92 Å². The van der Waals surface area contributed by atoms with Crippen molar-refractivity contribution in [1.29, 1.82) is 0 Å². The van der Waals surface area contributed by atoms with Gasteiger partial charge in [-0.1, -0.05) is 6.92 Å². The van der Waals surface area contributed by atoms with Crippen LogP contribution in [0, 0.1) is 6.54 Å². The van der Waals surface area contributed by atoms with E-state index in [1.54, 1.807) is 0 Å². The Morgan fingerprint density at radius 2 is 2.00 bits per heavy atom. The van der Waals surface area contributed by atoms with E-state index in [-0.39, 0.29) is 0 Å². The van der Waals surface area contributed by atoms with Crippen LogP contribution in [-0.4, -0.2) is 26.8 Å². The maximum absolute atomic E-state index is 10.9. The van der Waals surface area contributed by atoms with Crippen molar-refractivity contribution in [3.8, 4) is 0 Å². The van der Waals surface area contributed by atoms with Crippen molar-refractivity contribution < 1.29 is 8.42 Å². The lowest BCUT2D eigenvalue weighted by Crippen LogP contribution is -2.33. The van der Waals surface area contributed by atoms with Crippen molar-refractivity contribution in [2.75, 3.05) is 14.1 Å². The molecule has 0 heterocycles. The molecular weight excluding hydrogens is 152 g/mol. The summed E-state index contributed by atoms with van der Waals surface area (Å²) in [5.74, 6) is 0. The molecular formula is C5H13N2O2S. The predicted molar refractivity (Wildman–Crippen MR) is 40.3 cm³/mol. The van der Waals surface area contributed by atoms with Crippen molar-refractivity contribution in [3.05, 3.63) is 6.54 Å². The zero-order chi connectivity index (χ0) is 8.20. The molecule has 0 amide bonds. The summed E-state index contributed by atoms with van der Waals surface area (Å²) in [5.41, 5.74) is 0. The Morgan fingerprint density at radius 1 is 1.50 bits per heavy atom. The van der Waals surface area contributed by atoms with Crippen molar-refractivity contribution in [2.45, 2.75) is 13.3 Å². The van der Waals surface area contributed by atoms with Crippen LogP contribution in [0.2, 0.25) is 0 Å². The first-order chi connectivity index (χ1) is 4.50. The molecule has 0 aliphatic rings. The van der Waals surface area contributed by atoms with Crippen molar-refractivity contribution in [2.24, 2.45) is 0 Å². The first-order valence-corrected chi connectivity index (χ1v) is 4.46. The third-order valence-electron chi connectivity index (χ3n) is 0.917. The van der Waals surface area contributed by atoms with E-state index in [1.165, 1.54) is 20.6 Å². The molecule has 10 heavy (non-hydrogen) atoms. The fourth-order valence-corrected chi connectivity index (χ4v) is 0.882. The minimum absolute atomic E-state index is 0.688. The maximum atomic E-state index is 10.9. The van der Waals surface area contributed by atoms with E-state index in [9.17, 15) is 8.42 Å². The number of rotatable bonds is 4. The van der Waals surface area contributed by atoms with Crippen molar-refractivity contribution >= 4 is 10.2 Å². The summed E-state index contributed by atoms with van der Waals surface area (Å²) in [7, 11) is -0.277. The van der Waals surface area contributed by atoms with E-state index >= 15 is 0 Å². The van der Waals surface area contributed by atoms with Crippen LogP contribution in [0.1, 0.15) is 13.3 Å². The highest BCUT2D eigenvalue weighted by atomic mass is 32.2. The van der Waals surface area contributed by atoms with Gasteiger partial charge in [0.2, 0.25) is 0 Å². The molecule has 0 aromatic rings. The molecule has 4 nitrogen and oxygen atoms in total. The van der Waals surface area contributed by atoms with Gasteiger partial charge >= 0.3 is 0 Å². The summed E-state index contributed by atoms with van der Waals surface area (Å²) >= 11 is 0. The third-order valence-corrected chi connectivity index (χ3v) is 2.34. The lowest BCUT2D eigenvalue weighted by atomic mass is 10.5. The summed E-state index contributed by atoms with van der Waals surface area (Å²) in [6.07, 6.45) is 0.688. The highest BCUT2D eigenvalue weighted by Crippen LogP contribution is 1.90. The lowest BCUT2D eigenvalue weighted by molar-refractivity contribution is 0.510. The normalized spacial score (nSPS) is 12.4. The second kappa shape index (κ2) is 3.90. The quantitative estimate of drug-likeness (QED) is 0.635. The molecule has 0 aromatic heterocycles. The molecule has 0 saturated heterocycles. The molecule has 0 atom stereocenters. The molecule has 0 fully saturated rings. The number of nitrogens with one attached hydrogen (secondary N) is 1. The van der Waals surface area contributed by atoms with Gasteiger partial charge < -0.3 is 0 Å². The minimum atomic E-state index is -3.23. The monoisotopic (exact) mass is 165 g/mol. The van der Waals surface area contributed by atoms with Crippen molar-refractivity contribution in [3.63, 3.8) is 0 Å². The van der Waals surface area contributed by atoms with E-state index in [0.29, 0.717) is 6.42 Å². The summed E-state index contributed by atoms with van der Waals surface area (Å²) in [6.45, 7) is 3.35. The Morgan fingerprint density at radius 3 is 2.30 bits per heavy atom. The van der Waals surface area contributed by atoms with Gasteiger partial charge in [-0.2, -0.15) is 17.4 Å². The van der Waals surface area contributed by atoms with E-state index in [2.05, 4.69) is 4.72 Å². The smallest absolute Gasteiger partial charge is 0.197 e. The molecule has 0 spiro atoms. The van der Waals surface area contributed by atoms with Gasteiger partial charge in [-0.25, -0.2) is 0 Å². The molecule has 0 aromatic carbocycles. The molecule has 1 radical (unpaired) electrons. The molecule has 0 aliphatic carbocycles. The maximum Gasteiger partial charge on any atom is 0.279 e. The topological polar surface area (TPSA) is 49.4 Å². The Hall–Kier alpha value is -0.130. The largest absolute Gasteiger partial charge is 0.279 e. The summed E-state index contributed by atoms with van der Waals surface area (Å²) in [6, 6.07) is 0. The van der Waals surface area contributed by atoms with Crippen LogP contribution in [0.25, 0.3) is 0 Å². The minimum Gasteiger partial charge on any atom is -0.197 e. The van der Waals surface area contributed by atoms with Crippen LogP contribution in [-0.2, 0) is 10.2 Å². The average molecular weight is 165 g/mol. The van der Waals surface area contributed by atoms with Gasteiger partial charge in [-0.3, -0.25) is 0 Å². The number of hydrogen-bond donors (Lipinski definition) is 1. The van der Waals surface area contributed by atoms with E-state index in [0.717, 1.165) is 4.31 Å². The SMILES string of the molecule is CC[CH]NS(=O)(=O)N(C)C. The second-order valence-electron chi connectivity index (χ2n) is 2.02. The van der Waals surface area contributed by atoms with Gasteiger partial charge in [0.15, 0.2) is 0 Å². The lowest BCUT2D eigenvalue weighted by Gasteiger charge is -2.10. The van der Waals surface area contributed by atoms with Crippen LogP contribution >= 0.6 is 0 Å². The molecule has 0 aliphatic heterocycles. The fourth-order valence-electron chi connectivity index (χ4n) is 0.294. The first kappa shape index (κ1) is 9.87. The summed E-state index contributed by atoms with van der Waals surface area (Å²) in [4.78, 5) is 0. The Bertz CT molecular complexity index is 174. The Kier molecular flexibility index (Phi) is 3.85.